The average Bonchev–Trinajstić information content (AvgIpc) is 2.50. The number of hydrogen-bond donors (Lipinski definition) is 2. The molecule has 0 saturated heterocycles. The Kier molecular flexibility index (Phi) is 4.58. The van der Waals surface area contributed by atoms with Crippen molar-refractivity contribution in [2.75, 3.05) is 11.3 Å². The van der Waals surface area contributed by atoms with Gasteiger partial charge < -0.3 is 5.84 Å². The average molecular weight is 331 g/mol. The molecular formula is C14H17N7O3. The third-order valence-corrected chi connectivity index (χ3v) is 3.06. The summed E-state index contributed by atoms with van der Waals surface area (Å²) in [5.74, 6) is 5.65. The van der Waals surface area contributed by atoms with Crippen molar-refractivity contribution in [1.82, 2.24) is 14.9 Å². The largest absolute Gasteiger partial charge is 0.333 e. The number of aromatic nitrogens is 3. The highest BCUT2D eigenvalue weighted by atomic mass is 16.6. The minimum atomic E-state index is -0.501. The summed E-state index contributed by atoms with van der Waals surface area (Å²) in [6.07, 6.45) is 1.34. The minimum absolute atomic E-state index is 0.0466. The predicted molar refractivity (Wildman–Crippen MR) is 89.5 cm³/mol. The second-order valence-corrected chi connectivity index (χ2v) is 6.02. The van der Waals surface area contributed by atoms with Crippen LogP contribution in [0.4, 0.5) is 11.6 Å². The molecular weight excluding hydrogens is 314 g/mol. The van der Waals surface area contributed by atoms with Gasteiger partial charge in [0, 0.05) is 23.1 Å². The van der Waals surface area contributed by atoms with E-state index < -0.39 is 15.9 Å². The number of nitro benzene ring substituents is 1. The van der Waals surface area contributed by atoms with Crippen LogP contribution in [0.25, 0.3) is 0 Å². The summed E-state index contributed by atoms with van der Waals surface area (Å²) in [5.41, 5.74) is 2.21. The second kappa shape index (κ2) is 6.44. The van der Waals surface area contributed by atoms with Gasteiger partial charge in [0.15, 0.2) is 0 Å². The van der Waals surface area contributed by atoms with Crippen LogP contribution in [0, 0.1) is 10.1 Å². The van der Waals surface area contributed by atoms with Gasteiger partial charge in [0.1, 0.15) is 5.69 Å². The maximum Gasteiger partial charge on any atom is 0.295 e. The van der Waals surface area contributed by atoms with Crippen LogP contribution in [-0.2, 0) is 5.41 Å². The lowest BCUT2D eigenvalue weighted by atomic mass is 9.93. The summed E-state index contributed by atoms with van der Waals surface area (Å²) in [6.45, 7) is 5.48. The lowest BCUT2D eigenvalue weighted by Gasteiger charge is -2.16. The Hall–Kier alpha value is -3.30. The number of benzene rings is 1. The summed E-state index contributed by atoms with van der Waals surface area (Å²) in [5, 5.41) is 22.3. The van der Waals surface area contributed by atoms with Crippen molar-refractivity contribution in [2.45, 2.75) is 26.2 Å². The van der Waals surface area contributed by atoms with E-state index in [1.807, 2.05) is 20.8 Å². The summed E-state index contributed by atoms with van der Waals surface area (Å²) in [6, 6.07) is 5.91. The van der Waals surface area contributed by atoms with Gasteiger partial charge in [-0.1, -0.05) is 32.9 Å². The van der Waals surface area contributed by atoms with Crippen molar-refractivity contribution in [3.63, 3.8) is 0 Å². The third-order valence-electron chi connectivity index (χ3n) is 3.06. The molecule has 24 heavy (non-hydrogen) atoms. The first-order chi connectivity index (χ1) is 11.2. The fourth-order valence-corrected chi connectivity index (χ4v) is 1.83. The Balaban J connectivity index is 2.21. The van der Waals surface area contributed by atoms with Gasteiger partial charge >= 0.3 is 0 Å². The molecule has 0 spiro atoms. The first kappa shape index (κ1) is 17.1. The molecule has 126 valence electrons. The number of non-ortho nitro benzene ring substituents is 1. The van der Waals surface area contributed by atoms with Crippen LogP contribution >= 0.6 is 0 Å². The molecule has 2 aromatic rings. The van der Waals surface area contributed by atoms with Gasteiger partial charge in [-0.25, -0.2) is 5.43 Å². The molecule has 0 fully saturated rings. The monoisotopic (exact) mass is 331 g/mol. The van der Waals surface area contributed by atoms with Crippen molar-refractivity contribution >= 4 is 17.9 Å². The summed E-state index contributed by atoms with van der Waals surface area (Å²) < 4.78 is 0.818. The molecule has 0 radical (unpaired) electrons. The molecule has 0 unspecified atom stereocenters. The Morgan fingerprint density at radius 3 is 2.71 bits per heavy atom. The number of nitrogens with zero attached hydrogens (tertiary/aromatic N) is 5. The van der Waals surface area contributed by atoms with Gasteiger partial charge in [0.2, 0.25) is 0 Å². The molecule has 0 aliphatic carbocycles. The van der Waals surface area contributed by atoms with E-state index in [9.17, 15) is 14.9 Å². The van der Waals surface area contributed by atoms with Crippen molar-refractivity contribution < 1.29 is 4.92 Å². The number of anilines is 1. The van der Waals surface area contributed by atoms with E-state index in [1.54, 1.807) is 6.07 Å². The smallest absolute Gasteiger partial charge is 0.295 e. The van der Waals surface area contributed by atoms with E-state index in [4.69, 9.17) is 5.84 Å². The molecule has 0 aliphatic heterocycles. The maximum absolute atomic E-state index is 12.2. The maximum atomic E-state index is 12.2. The number of nitrogens with two attached hydrogens (primary N) is 1. The van der Waals surface area contributed by atoms with E-state index in [2.05, 4.69) is 20.7 Å². The molecule has 0 aliphatic rings. The molecule has 1 aromatic heterocycles. The van der Waals surface area contributed by atoms with Gasteiger partial charge in [-0.05, 0) is 0 Å². The zero-order chi connectivity index (χ0) is 17.9. The van der Waals surface area contributed by atoms with E-state index in [1.165, 1.54) is 24.4 Å². The number of hydrazone groups is 1. The summed E-state index contributed by atoms with van der Waals surface area (Å²) >= 11 is 0. The van der Waals surface area contributed by atoms with Crippen LogP contribution in [0.3, 0.4) is 0 Å². The zero-order valence-electron chi connectivity index (χ0n) is 13.4. The minimum Gasteiger partial charge on any atom is -0.333 e. The topological polar surface area (TPSA) is 141 Å². The van der Waals surface area contributed by atoms with Crippen LogP contribution in [0.15, 0.2) is 34.2 Å². The van der Waals surface area contributed by atoms with E-state index in [-0.39, 0.29) is 17.3 Å². The highest BCUT2D eigenvalue weighted by Crippen LogP contribution is 2.15. The standard InChI is InChI=1S/C14H17N7O3/c1-14(2,3)11-12(22)20(15)13(19-17-11)18-16-8-9-5-4-6-10(7-9)21(23)24/h4-8H,15H2,1-3H3,(H,18,19)/b16-8-. The Labute approximate surface area is 137 Å². The predicted octanol–water partition coefficient (Wildman–Crippen LogP) is 1.00. The molecule has 10 heteroatoms. The molecule has 2 rings (SSSR count). The van der Waals surface area contributed by atoms with Gasteiger partial charge in [-0.3, -0.25) is 14.9 Å². The molecule has 3 N–H and O–H groups in total. The number of nitrogen functional groups attached to an aromatic ring is 1. The van der Waals surface area contributed by atoms with Crippen LogP contribution in [-0.4, -0.2) is 26.0 Å². The lowest BCUT2D eigenvalue weighted by Crippen LogP contribution is -2.38. The SMILES string of the molecule is CC(C)(C)c1nnc(N/N=C\c2cccc([N+](=O)[O-])c2)n(N)c1=O. The highest BCUT2D eigenvalue weighted by molar-refractivity contribution is 5.81. The molecule has 0 saturated carbocycles. The first-order valence-corrected chi connectivity index (χ1v) is 6.99. The fourth-order valence-electron chi connectivity index (χ4n) is 1.83. The van der Waals surface area contributed by atoms with Crippen LogP contribution in [0.2, 0.25) is 0 Å². The van der Waals surface area contributed by atoms with Crippen molar-refractivity contribution in [3.8, 4) is 0 Å². The summed E-state index contributed by atoms with van der Waals surface area (Å²) in [4.78, 5) is 22.4. The van der Waals surface area contributed by atoms with Gasteiger partial charge in [-0.15, -0.1) is 10.2 Å². The Morgan fingerprint density at radius 1 is 1.38 bits per heavy atom. The number of nitrogens with one attached hydrogen (secondary N) is 1. The highest BCUT2D eigenvalue weighted by Gasteiger charge is 2.22. The van der Waals surface area contributed by atoms with Crippen molar-refractivity contribution in [3.05, 3.63) is 56.0 Å². The van der Waals surface area contributed by atoms with Crippen LogP contribution < -0.4 is 16.8 Å². The zero-order valence-corrected chi connectivity index (χ0v) is 13.4. The van der Waals surface area contributed by atoms with Gasteiger partial charge in [0.05, 0.1) is 11.1 Å². The Morgan fingerprint density at radius 2 is 2.08 bits per heavy atom. The van der Waals surface area contributed by atoms with Crippen molar-refractivity contribution in [1.29, 1.82) is 0 Å². The third kappa shape index (κ3) is 3.72. The summed E-state index contributed by atoms with van der Waals surface area (Å²) in [7, 11) is 0. The molecule has 1 heterocycles. The van der Waals surface area contributed by atoms with E-state index in [0.29, 0.717) is 5.56 Å². The van der Waals surface area contributed by atoms with Crippen LogP contribution in [0.1, 0.15) is 32.0 Å². The van der Waals surface area contributed by atoms with Crippen molar-refractivity contribution in [2.24, 2.45) is 5.10 Å². The van der Waals surface area contributed by atoms with Crippen LogP contribution in [0.5, 0.6) is 0 Å². The van der Waals surface area contributed by atoms with Gasteiger partial charge in [-0.2, -0.15) is 9.78 Å². The quantitative estimate of drug-likeness (QED) is 0.368. The molecule has 10 nitrogen and oxygen atoms in total. The lowest BCUT2D eigenvalue weighted by molar-refractivity contribution is -0.384. The first-order valence-electron chi connectivity index (χ1n) is 6.99. The molecule has 1 aromatic carbocycles. The normalized spacial score (nSPS) is 11.6. The molecule has 0 bridgehead atoms. The number of rotatable bonds is 4. The van der Waals surface area contributed by atoms with E-state index >= 15 is 0 Å². The molecule has 0 amide bonds. The second-order valence-electron chi connectivity index (χ2n) is 6.02. The number of nitro groups is 1. The Bertz CT molecular complexity index is 852. The number of hydrogen-bond acceptors (Lipinski definition) is 8. The molecule has 0 atom stereocenters. The van der Waals surface area contributed by atoms with E-state index in [0.717, 1.165) is 4.68 Å². The van der Waals surface area contributed by atoms with Gasteiger partial charge in [0.25, 0.3) is 17.2 Å². The fraction of sp³-hybridized carbons (Fsp3) is 0.286.